The van der Waals surface area contributed by atoms with Crippen LogP contribution >= 0.6 is 11.6 Å². The van der Waals surface area contributed by atoms with Crippen molar-refractivity contribution < 1.29 is 4.74 Å². The van der Waals surface area contributed by atoms with Gasteiger partial charge in [-0.3, -0.25) is 5.32 Å². The van der Waals surface area contributed by atoms with Crippen molar-refractivity contribution >= 4 is 11.6 Å². The molecule has 0 saturated carbocycles. The summed E-state index contributed by atoms with van der Waals surface area (Å²) in [6, 6.07) is 1.84. The molecule has 0 bridgehead atoms. The van der Waals surface area contributed by atoms with E-state index >= 15 is 0 Å². The van der Waals surface area contributed by atoms with E-state index in [9.17, 15) is 0 Å². The number of halogens is 1. The molecule has 5 unspecified atom stereocenters. The number of alkyl halides is 1. The summed E-state index contributed by atoms with van der Waals surface area (Å²) in [5.41, 5.74) is 5.80. The fourth-order valence-corrected chi connectivity index (χ4v) is 2.26. The third-order valence-electron chi connectivity index (χ3n) is 2.69. The highest BCUT2D eigenvalue weighted by molar-refractivity contribution is 6.20. The van der Waals surface area contributed by atoms with Gasteiger partial charge in [0.15, 0.2) is 6.10 Å². The van der Waals surface area contributed by atoms with Crippen molar-refractivity contribution in [2.45, 2.75) is 42.6 Å². The molecule has 3 N–H and O–H groups in total. The summed E-state index contributed by atoms with van der Waals surface area (Å²) in [5.74, 6) is 0. The molecule has 0 spiro atoms. The van der Waals surface area contributed by atoms with Gasteiger partial charge in [0.25, 0.3) is 0 Å². The molecule has 4 nitrogen and oxygen atoms in total. The highest BCUT2D eigenvalue weighted by atomic mass is 35.5. The minimum Gasteiger partial charge on any atom is -0.357 e. The Hall–Kier alpha value is -0.340. The van der Waals surface area contributed by atoms with E-state index in [-0.39, 0.29) is 23.7 Å². The largest absolute Gasteiger partial charge is 0.357 e. The first-order valence-corrected chi connectivity index (χ1v) is 4.87. The lowest BCUT2D eigenvalue weighted by atomic mass is 9.96. The quantitative estimate of drug-likeness (QED) is 0.425. The fourth-order valence-electron chi connectivity index (χ4n) is 1.99. The Morgan fingerprint density at radius 2 is 2.31 bits per heavy atom. The van der Waals surface area contributed by atoms with Crippen molar-refractivity contribution in [3.63, 3.8) is 0 Å². The number of piperidine rings is 1. The minimum absolute atomic E-state index is 0.0339. The van der Waals surface area contributed by atoms with Crippen molar-refractivity contribution in [1.82, 2.24) is 5.32 Å². The van der Waals surface area contributed by atoms with E-state index in [4.69, 9.17) is 27.3 Å². The Balaban J connectivity index is 2.08. The van der Waals surface area contributed by atoms with Gasteiger partial charge in [-0.1, -0.05) is 0 Å². The molecule has 2 saturated heterocycles. The normalized spacial score (nSPS) is 49.8. The van der Waals surface area contributed by atoms with Crippen LogP contribution in [0.5, 0.6) is 0 Å². The maximum Gasteiger partial charge on any atom is 0.161 e. The molecule has 0 aromatic rings. The van der Waals surface area contributed by atoms with Gasteiger partial charge in [0.1, 0.15) is 0 Å². The zero-order chi connectivity index (χ0) is 9.42. The summed E-state index contributed by atoms with van der Waals surface area (Å²) in [5, 5.41) is 11.9. The Bertz CT molecular complexity index is 242. The lowest BCUT2D eigenvalue weighted by Crippen LogP contribution is -2.54. The van der Waals surface area contributed by atoms with Gasteiger partial charge in [-0.15, -0.1) is 11.6 Å². The Labute approximate surface area is 82.0 Å². The van der Waals surface area contributed by atoms with Crippen LogP contribution in [0.15, 0.2) is 0 Å². The highest BCUT2D eigenvalue weighted by Crippen LogP contribution is 2.28. The highest BCUT2D eigenvalue weighted by Gasteiger charge is 2.45. The summed E-state index contributed by atoms with van der Waals surface area (Å²) >= 11 is 5.93. The van der Waals surface area contributed by atoms with Gasteiger partial charge in [-0.2, -0.15) is 5.26 Å². The number of fused-ring (bicyclic) bond motifs is 1. The van der Waals surface area contributed by atoms with Gasteiger partial charge in [0.2, 0.25) is 0 Å². The average molecular weight is 202 g/mol. The lowest BCUT2D eigenvalue weighted by Gasteiger charge is -2.30. The second kappa shape index (κ2) is 3.43. The molecular weight excluding hydrogens is 190 g/mol. The summed E-state index contributed by atoms with van der Waals surface area (Å²) in [6.07, 6.45) is 1.34. The first-order chi connectivity index (χ1) is 6.22. The van der Waals surface area contributed by atoms with Gasteiger partial charge in [0.05, 0.1) is 29.8 Å². The van der Waals surface area contributed by atoms with Crippen LogP contribution in [0, 0.1) is 11.3 Å². The van der Waals surface area contributed by atoms with Crippen molar-refractivity contribution in [2.24, 2.45) is 5.73 Å². The van der Waals surface area contributed by atoms with E-state index in [0.717, 1.165) is 12.8 Å². The number of nitrogens with zero attached hydrogens (tertiary/aromatic N) is 1. The number of rotatable bonds is 0. The predicted molar refractivity (Wildman–Crippen MR) is 48.0 cm³/mol. The van der Waals surface area contributed by atoms with Gasteiger partial charge in [0, 0.05) is 0 Å². The zero-order valence-corrected chi connectivity index (χ0v) is 7.87. The fraction of sp³-hybridized carbons (Fsp3) is 0.875. The number of nitriles is 1. The molecule has 72 valence electrons. The predicted octanol–water partition coefficient (Wildman–Crippen LogP) is -0.0784. The van der Waals surface area contributed by atoms with Crippen LogP contribution < -0.4 is 11.1 Å². The molecule has 2 heterocycles. The number of ether oxygens (including phenoxy) is 1. The van der Waals surface area contributed by atoms with Crippen LogP contribution in [0.2, 0.25) is 0 Å². The molecule has 0 aromatic carbocycles. The molecular formula is C8H12ClN3O. The topological polar surface area (TPSA) is 71.1 Å². The van der Waals surface area contributed by atoms with Crippen LogP contribution in [0.25, 0.3) is 0 Å². The van der Waals surface area contributed by atoms with Crippen LogP contribution in [-0.2, 0) is 4.74 Å². The maximum atomic E-state index is 8.73. The molecule has 2 aliphatic heterocycles. The average Bonchev–Trinajstić information content (AvgIpc) is 2.44. The number of nitrogens with one attached hydrogen (secondary N) is 1. The Kier molecular flexibility index (Phi) is 2.43. The molecule has 5 atom stereocenters. The first-order valence-electron chi connectivity index (χ1n) is 4.43. The van der Waals surface area contributed by atoms with Gasteiger partial charge < -0.3 is 10.5 Å². The molecule has 5 heteroatoms. The lowest BCUT2D eigenvalue weighted by molar-refractivity contribution is 0.0479. The van der Waals surface area contributed by atoms with E-state index in [1.165, 1.54) is 0 Å². The van der Waals surface area contributed by atoms with Crippen LogP contribution in [-0.4, -0.2) is 29.8 Å². The first kappa shape index (κ1) is 9.22. The van der Waals surface area contributed by atoms with Crippen molar-refractivity contribution in [1.29, 1.82) is 5.26 Å². The van der Waals surface area contributed by atoms with E-state index in [2.05, 4.69) is 11.4 Å². The van der Waals surface area contributed by atoms with Crippen LogP contribution in [0.1, 0.15) is 12.8 Å². The van der Waals surface area contributed by atoms with Crippen molar-refractivity contribution in [3.05, 3.63) is 0 Å². The van der Waals surface area contributed by atoms with Crippen molar-refractivity contribution in [3.8, 4) is 6.07 Å². The van der Waals surface area contributed by atoms with E-state index in [1.807, 2.05) is 0 Å². The summed E-state index contributed by atoms with van der Waals surface area (Å²) in [7, 11) is 0. The molecule has 0 aliphatic carbocycles. The van der Waals surface area contributed by atoms with E-state index < -0.39 is 6.10 Å². The number of hydrogen-bond acceptors (Lipinski definition) is 4. The molecule has 13 heavy (non-hydrogen) atoms. The Morgan fingerprint density at radius 3 is 3.00 bits per heavy atom. The van der Waals surface area contributed by atoms with Gasteiger partial charge >= 0.3 is 0 Å². The third kappa shape index (κ3) is 1.53. The third-order valence-corrected chi connectivity index (χ3v) is 3.04. The van der Waals surface area contributed by atoms with E-state index in [1.54, 1.807) is 0 Å². The summed E-state index contributed by atoms with van der Waals surface area (Å²) in [6.45, 7) is 0. The minimum atomic E-state index is -0.482. The summed E-state index contributed by atoms with van der Waals surface area (Å²) < 4.78 is 5.47. The van der Waals surface area contributed by atoms with Crippen molar-refractivity contribution in [2.75, 3.05) is 0 Å². The number of hydrogen-bond donors (Lipinski definition) is 2. The number of nitrogens with two attached hydrogens (primary N) is 1. The van der Waals surface area contributed by atoms with E-state index in [0.29, 0.717) is 0 Å². The Morgan fingerprint density at radius 1 is 1.54 bits per heavy atom. The monoisotopic (exact) mass is 201 g/mol. The smallest absolute Gasteiger partial charge is 0.161 e. The van der Waals surface area contributed by atoms with Gasteiger partial charge in [-0.25, -0.2) is 0 Å². The second-order valence-corrected chi connectivity index (χ2v) is 4.07. The molecule has 0 aromatic heterocycles. The van der Waals surface area contributed by atoms with Crippen LogP contribution in [0.3, 0.4) is 0 Å². The maximum absolute atomic E-state index is 8.73. The SMILES string of the molecule is N#CC1OC2CCC(Cl)NC2C1N. The molecule has 0 radical (unpaired) electrons. The van der Waals surface area contributed by atoms with Crippen LogP contribution in [0.4, 0.5) is 0 Å². The summed E-state index contributed by atoms with van der Waals surface area (Å²) in [4.78, 5) is 0. The molecule has 2 fully saturated rings. The molecule has 2 rings (SSSR count). The zero-order valence-electron chi connectivity index (χ0n) is 7.11. The second-order valence-electron chi connectivity index (χ2n) is 3.54. The van der Waals surface area contributed by atoms with Gasteiger partial charge in [-0.05, 0) is 12.8 Å². The standard InChI is InChI=1S/C8H12ClN3O/c9-6-2-1-4-8(12-6)7(11)5(3-10)13-4/h4-8,12H,1-2,11H2. The molecule has 2 aliphatic rings. The molecule has 0 amide bonds.